The first-order chi connectivity index (χ1) is 22.3. The number of hydrogen-bond donors (Lipinski definition) is 7. The number of hydrogen-bond acceptors (Lipinski definition) is 13. The van der Waals surface area contributed by atoms with Crippen LogP contribution < -0.4 is 5.73 Å². The minimum Gasteiger partial charge on any atom is -0.481 e. The van der Waals surface area contributed by atoms with Crippen LogP contribution in [0.4, 0.5) is 0 Å². The minimum atomic E-state index is -2.10. The average molecular weight is 666 g/mol. The lowest BCUT2D eigenvalue weighted by Gasteiger charge is -2.45. The van der Waals surface area contributed by atoms with Crippen molar-refractivity contribution in [3.63, 3.8) is 0 Å². The summed E-state index contributed by atoms with van der Waals surface area (Å²) in [6.07, 6.45) is 5.25. The fourth-order valence-corrected chi connectivity index (χ4v) is 6.00. The molecule has 0 spiro atoms. The van der Waals surface area contributed by atoms with Crippen LogP contribution in [0.1, 0.15) is 46.0 Å². The fourth-order valence-electron chi connectivity index (χ4n) is 6.00. The van der Waals surface area contributed by atoms with Gasteiger partial charge in [-0.3, -0.25) is 4.79 Å². The van der Waals surface area contributed by atoms with Crippen molar-refractivity contribution in [3.05, 3.63) is 60.8 Å². The third-order valence-corrected chi connectivity index (χ3v) is 8.58. The molecular weight excluding hydrogens is 618 g/mol. The Morgan fingerprint density at radius 3 is 2.36 bits per heavy atom. The van der Waals surface area contributed by atoms with E-state index < -0.39 is 97.3 Å². The highest BCUT2D eigenvalue weighted by atomic mass is 16.7. The lowest BCUT2D eigenvalue weighted by Crippen LogP contribution is -2.61. The molecule has 0 amide bonds. The van der Waals surface area contributed by atoms with Crippen LogP contribution in [0.15, 0.2) is 60.8 Å². The molecule has 0 aromatic heterocycles. The molecule has 47 heavy (non-hydrogen) atoms. The third-order valence-electron chi connectivity index (χ3n) is 8.58. The predicted molar refractivity (Wildman–Crippen MR) is 165 cm³/mol. The number of allylic oxidation sites excluding steroid dienone is 6. The Labute approximate surface area is 273 Å². The van der Waals surface area contributed by atoms with Gasteiger partial charge in [-0.25, -0.2) is 4.79 Å². The van der Waals surface area contributed by atoms with Crippen molar-refractivity contribution < 1.29 is 63.9 Å². The monoisotopic (exact) mass is 665 g/mol. The molecule has 0 radical (unpaired) electrons. The van der Waals surface area contributed by atoms with Gasteiger partial charge in [0.15, 0.2) is 12.1 Å². The van der Waals surface area contributed by atoms with Crippen molar-refractivity contribution in [2.45, 2.75) is 125 Å². The number of epoxide rings is 1. The number of carbonyl (C=O) groups excluding carboxylic acids is 1. The Kier molecular flexibility index (Phi) is 13.1. The second-order valence-electron chi connectivity index (χ2n) is 12.6. The van der Waals surface area contributed by atoms with E-state index in [0.717, 1.165) is 0 Å². The molecule has 2 bridgehead atoms. The second-order valence-corrected chi connectivity index (χ2v) is 12.6. The number of aliphatic hydroxyl groups excluding tert-OH is 4. The van der Waals surface area contributed by atoms with Gasteiger partial charge >= 0.3 is 11.9 Å². The predicted octanol–water partition coefficient (Wildman–Crippen LogP) is 0.120. The lowest BCUT2D eigenvalue weighted by molar-refractivity contribution is -0.308. The number of fused-ring (bicyclic) bond motifs is 3. The highest BCUT2D eigenvalue weighted by molar-refractivity contribution is 5.82. The van der Waals surface area contributed by atoms with E-state index in [1.807, 2.05) is 6.08 Å². The maximum Gasteiger partial charge on any atom is 0.330 e. The van der Waals surface area contributed by atoms with Gasteiger partial charge in [0.25, 0.3) is 0 Å². The van der Waals surface area contributed by atoms with Crippen molar-refractivity contribution >= 4 is 11.9 Å². The number of ether oxygens (including phenoxy) is 5. The normalized spacial score (nSPS) is 47.2. The van der Waals surface area contributed by atoms with Crippen molar-refractivity contribution in [1.29, 1.82) is 0 Å². The third kappa shape index (κ3) is 10.6. The van der Waals surface area contributed by atoms with Gasteiger partial charge in [0, 0.05) is 38.2 Å². The molecule has 3 fully saturated rings. The molecule has 14 atom stereocenters. The zero-order valence-corrected chi connectivity index (χ0v) is 26.4. The van der Waals surface area contributed by atoms with E-state index >= 15 is 0 Å². The van der Waals surface area contributed by atoms with Crippen molar-refractivity contribution in [1.82, 2.24) is 0 Å². The number of aliphatic carboxylic acids is 1. The number of carbonyl (C=O) groups is 2. The van der Waals surface area contributed by atoms with Crippen molar-refractivity contribution in [2.75, 3.05) is 0 Å². The van der Waals surface area contributed by atoms with Crippen LogP contribution in [0.2, 0.25) is 0 Å². The quantitative estimate of drug-likeness (QED) is 0.157. The number of carboxylic acid groups (broad SMARTS) is 1. The topological polar surface area (TPSA) is 231 Å². The maximum atomic E-state index is 12.3. The fraction of sp³-hybridized carbons (Fsp3) is 0.636. The molecule has 0 aliphatic carbocycles. The number of carboxylic acids is 1. The van der Waals surface area contributed by atoms with Crippen molar-refractivity contribution in [3.8, 4) is 0 Å². The first-order valence-corrected chi connectivity index (χ1v) is 15.9. The van der Waals surface area contributed by atoms with Crippen LogP contribution in [0.25, 0.3) is 0 Å². The van der Waals surface area contributed by atoms with Crippen LogP contribution in [0.3, 0.4) is 0 Å². The maximum absolute atomic E-state index is 12.3. The summed E-state index contributed by atoms with van der Waals surface area (Å²) in [5, 5.41) is 63.9. The van der Waals surface area contributed by atoms with Gasteiger partial charge < -0.3 is 60.1 Å². The first-order valence-electron chi connectivity index (χ1n) is 15.9. The molecule has 14 nitrogen and oxygen atoms in total. The Hall–Kier alpha value is -2.76. The summed E-state index contributed by atoms with van der Waals surface area (Å²) in [4.78, 5) is 24.4. The molecule has 0 saturated carbocycles. The lowest BCUT2D eigenvalue weighted by atomic mass is 9.83. The molecule has 4 rings (SSSR count). The Bertz CT molecular complexity index is 1220. The van der Waals surface area contributed by atoms with Crippen LogP contribution in [0.5, 0.6) is 0 Å². The molecule has 262 valence electrons. The highest BCUT2D eigenvalue weighted by Crippen LogP contribution is 2.39. The number of cyclic esters (lactones) is 1. The Balaban J connectivity index is 1.58. The molecule has 0 aromatic carbocycles. The molecule has 0 unspecified atom stereocenters. The molecule has 4 heterocycles. The molecule has 14 heteroatoms. The second kappa shape index (κ2) is 16.6. The number of rotatable bonds is 3. The largest absolute Gasteiger partial charge is 0.481 e. The van der Waals surface area contributed by atoms with Crippen LogP contribution in [-0.2, 0) is 33.3 Å². The van der Waals surface area contributed by atoms with E-state index in [0.29, 0.717) is 6.42 Å². The number of esters is 1. The molecular formula is C33H47NO13. The van der Waals surface area contributed by atoms with Gasteiger partial charge in [0.2, 0.25) is 0 Å². The minimum absolute atomic E-state index is 0.0789. The first kappa shape index (κ1) is 37.1. The van der Waals surface area contributed by atoms with Gasteiger partial charge in [0.1, 0.15) is 24.2 Å². The zero-order chi connectivity index (χ0) is 34.3. The molecule has 4 aliphatic rings. The summed E-state index contributed by atoms with van der Waals surface area (Å²) in [6.45, 7) is 3.34. The summed E-state index contributed by atoms with van der Waals surface area (Å²) < 4.78 is 28.5. The van der Waals surface area contributed by atoms with E-state index in [2.05, 4.69) is 0 Å². The Morgan fingerprint density at radius 2 is 1.64 bits per heavy atom. The molecule has 0 aromatic rings. The van der Waals surface area contributed by atoms with Crippen LogP contribution in [0, 0.1) is 5.92 Å². The van der Waals surface area contributed by atoms with E-state index in [1.54, 1.807) is 56.4 Å². The Morgan fingerprint density at radius 1 is 0.936 bits per heavy atom. The van der Waals surface area contributed by atoms with Crippen LogP contribution >= 0.6 is 0 Å². The van der Waals surface area contributed by atoms with Gasteiger partial charge in [-0.15, -0.1) is 0 Å². The van der Waals surface area contributed by atoms with Gasteiger partial charge in [-0.05, 0) is 19.9 Å². The van der Waals surface area contributed by atoms with Gasteiger partial charge in [-0.1, -0.05) is 48.6 Å². The van der Waals surface area contributed by atoms with E-state index in [1.165, 1.54) is 12.2 Å². The summed E-state index contributed by atoms with van der Waals surface area (Å²) in [7, 11) is 0. The highest BCUT2D eigenvalue weighted by Gasteiger charge is 2.51. The van der Waals surface area contributed by atoms with Gasteiger partial charge in [-0.2, -0.15) is 0 Å². The smallest absolute Gasteiger partial charge is 0.330 e. The average Bonchev–Trinajstić information content (AvgIpc) is 3.72. The zero-order valence-electron chi connectivity index (χ0n) is 26.4. The standard InChI is InChI=1S/C33H47NO13/c1-18-10-8-6-4-3-5-7-9-11-21(45-32-30(39)28(34)29(38)19(2)44-32)15-25-27(31(40)41)22(36)17-33(42,47-25)16-20(35)14-24-23(46-24)12-13-26(37)43-18/h3-9,11-13,18-25,27-30,32,35-36,38-39,42H,10,14-17,34H2,1-2H3,(H,40,41)/b4-3-,7-5+,8-6+,11-9+,13-12+/t18-,19-,20-,21+,22-,23-,24+,25-,27-,28+,29+,30+,32+,33+/m1/s1. The summed E-state index contributed by atoms with van der Waals surface area (Å²) in [5.74, 6) is -5.45. The van der Waals surface area contributed by atoms with E-state index in [4.69, 9.17) is 29.4 Å². The molecule has 3 saturated heterocycles. The van der Waals surface area contributed by atoms with Crippen LogP contribution in [-0.4, -0.2) is 122 Å². The summed E-state index contributed by atoms with van der Waals surface area (Å²) >= 11 is 0. The van der Waals surface area contributed by atoms with Crippen molar-refractivity contribution in [2.24, 2.45) is 11.7 Å². The summed E-state index contributed by atoms with van der Waals surface area (Å²) in [6, 6.07) is -1.08. The van der Waals surface area contributed by atoms with E-state index in [-0.39, 0.29) is 25.4 Å². The number of aliphatic hydroxyl groups is 5. The SMILES string of the molecule is C[C@@H]1C/C=C/C=C\C=C\C=C\[C@H](O[C@@H]2O[C@H](C)[C@H](O)[C@H](N)[C@@H]2O)C[C@H]2O[C@@](O)(C[C@H](O)C[C@@H]3O[C@@H]3/C=C/C(=O)O1)C[C@@H](O)[C@H]2C(=O)O. The number of nitrogens with two attached hydrogens (primary N) is 1. The summed E-state index contributed by atoms with van der Waals surface area (Å²) in [5.41, 5.74) is 5.98. The van der Waals surface area contributed by atoms with Gasteiger partial charge in [0.05, 0.1) is 48.8 Å². The molecule has 4 aliphatic heterocycles. The van der Waals surface area contributed by atoms with E-state index in [9.17, 15) is 40.2 Å². The molecule has 8 N–H and O–H groups in total.